The second-order valence-electron chi connectivity index (χ2n) is 4.92. The van der Waals surface area contributed by atoms with Crippen molar-refractivity contribution in [1.82, 2.24) is 0 Å². The summed E-state index contributed by atoms with van der Waals surface area (Å²) in [4.78, 5) is 13.6. The Morgan fingerprint density at radius 2 is 2.16 bits per heavy atom. The van der Waals surface area contributed by atoms with Gasteiger partial charge in [-0.25, -0.2) is 0 Å². The molecule has 0 fully saturated rings. The van der Waals surface area contributed by atoms with E-state index in [2.05, 4.69) is 19.0 Å². The highest BCUT2D eigenvalue weighted by molar-refractivity contribution is 5.99. The van der Waals surface area contributed by atoms with Crippen LogP contribution in [0.3, 0.4) is 0 Å². The third kappa shape index (κ3) is 4.28. The van der Waals surface area contributed by atoms with E-state index in [0.717, 1.165) is 12.1 Å². The number of oxime groups is 1. The number of hydrogen-bond acceptors (Lipinski definition) is 3. The van der Waals surface area contributed by atoms with Gasteiger partial charge in [0, 0.05) is 24.7 Å². The maximum Gasteiger partial charge on any atom is 0.226 e. The fourth-order valence-electron chi connectivity index (χ4n) is 1.66. The Hall–Kier alpha value is -2.04. The fraction of sp³-hybridized carbons (Fsp3) is 0.429. The first kappa shape index (κ1) is 15.0. The van der Waals surface area contributed by atoms with Gasteiger partial charge in [-0.3, -0.25) is 4.79 Å². The topological polar surface area (TPSA) is 78.9 Å². The molecule has 0 aromatic heterocycles. The van der Waals surface area contributed by atoms with Crippen molar-refractivity contribution < 1.29 is 10.0 Å². The SMILES string of the molecule is CC(C)CCC(=O)N(C)c1cccc(C(N)=NO)c1. The number of carbonyl (C=O) groups is 1. The van der Waals surface area contributed by atoms with Crippen LogP contribution in [0.2, 0.25) is 0 Å². The molecule has 0 heterocycles. The highest BCUT2D eigenvalue weighted by Crippen LogP contribution is 2.17. The molecule has 3 N–H and O–H groups in total. The smallest absolute Gasteiger partial charge is 0.226 e. The minimum Gasteiger partial charge on any atom is -0.409 e. The van der Waals surface area contributed by atoms with Gasteiger partial charge in [0.2, 0.25) is 5.91 Å². The minimum atomic E-state index is 0.0323. The highest BCUT2D eigenvalue weighted by Gasteiger charge is 2.12. The van der Waals surface area contributed by atoms with Gasteiger partial charge >= 0.3 is 0 Å². The van der Waals surface area contributed by atoms with Crippen molar-refractivity contribution in [2.75, 3.05) is 11.9 Å². The summed E-state index contributed by atoms with van der Waals surface area (Å²) >= 11 is 0. The third-order valence-corrected chi connectivity index (χ3v) is 2.95. The van der Waals surface area contributed by atoms with Gasteiger partial charge in [-0.1, -0.05) is 31.1 Å². The van der Waals surface area contributed by atoms with Gasteiger partial charge in [-0.05, 0) is 24.5 Å². The van der Waals surface area contributed by atoms with Gasteiger partial charge < -0.3 is 15.8 Å². The van der Waals surface area contributed by atoms with Crippen LogP contribution in [-0.4, -0.2) is 24.0 Å². The maximum atomic E-state index is 12.0. The predicted octanol–water partition coefficient (Wildman–Crippen LogP) is 2.18. The van der Waals surface area contributed by atoms with Crippen molar-refractivity contribution in [3.8, 4) is 0 Å². The molecule has 0 aliphatic carbocycles. The number of carbonyl (C=O) groups excluding carboxylic acids is 1. The molecule has 5 nitrogen and oxygen atoms in total. The number of nitrogens with two attached hydrogens (primary N) is 1. The van der Waals surface area contributed by atoms with Gasteiger partial charge in [-0.2, -0.15) is 0 Å². The first-order chi connectivity index (χ1) is 8.95. The summed E-state index contributed by atoms with van der Waals surface area (Å²) in [6.45, 7) is 4.18. The lowest BCUT2D eigenvalue weighted by atomic mass is 10.1. The molecule has 1 rings (SSSR count). The van der Waals surface area contributed by atoms with Crippen molar-refractivity contribution in [2.24, 2.45) is 16.8 Å². The average molecular weight is 263 g/mol. The Bertz CT molecular complexity index is 470. The Morgan fingerprint density at radius 1 is 1.47 bits per heavy atom. The molecule has 0 atom stereocenters. The second-order valence-corrected chi connectivity index (χ2v) is 4.92. The van der Waals surface area contributed by atoms with E-state index in [4.69, 9.17) is 10.9 Å². The molecule has 0 spiro atoms. The van der Waals surface area contributed by atoms with Crippen LogP contribution in [0.5, 0.6) is 0 Å². The Balaban J connectivity index is 2.82. The van der Waals surface area contributed by atoms with Gasteiger partial charge in [0.25, 0.3) is 0 Å². The van der Waals surface area contributed by atoms with Crippen molar-refractivity contribution >= 4 is 17.4 Å². The number of hydrogen-bond donors (Lipinski definition) is 2. The molecule has 104 valence electrons. The van der Waals surface area contributed by atoms with Crippen LogP contribution in [0, 0.1) is 5.92 Å². The van der Waals surface area contributed by atoms with E-state index in [-0.39, 0.29) is 11.7 Å². The molecule has 0 saturated heterocycles. The summed E-state index contributed by atoms with van der Waals surface area (Å²) in [7, 11) is 1.73. The summed E-state index contributed by atoms with van der Waals surface area (Å²) in [5.74, 6) is 0.594. The zero-order valence-electron chi connectivity index (χ0n) is 11.6. The van der Waals surface area contributed by atoms with E-state index >= 15 is 0 Å². The predicted molar refractivity (Wildman–Crippen MR) is 76.4 cm³/mol. The Labute approximate surface area is 113 Å². The standard InChI is InChI=1S/C14H21N3O2/c1-10(2)7-8-13(18)17(3)12-6-4-5-11(9-12)14(15)16-19/h4-6,9-10,19H,7-8H2,1-3H3,(H2,15,16). The number of amides is 1. The summed E-state index contributed by atoms with van der Waals surface area (Å²) in [6, 6.07) is 7.05. The van der Waals surface area contributed by atoms with Crippen LogP contribution in [-0.2, 0) is 4.79 Å². The molecule has 5 heteroatoms. The van der Waals surface area contributed by atoms with Gasteiger partial charge in [0.05, 0.1) is 0 Å². The van der Waals surface area contributed by atoms with Crippen molar-refractivity contribution in [2.45, 2.75) is 26.7 Å². The zero-order valence-corrected chi connectivity index (χ0v) is 11.6. The number of benzene rings is 1. The summed E-state index contributed by atoms with van der Waals surface area (Å²) in [5, 5.41) is 11.6. The third-order valence-electron chi connectivity index (χ3n) is 2.95. The molecule has 19 heavy (non-hydrogen) atoms. The molecule has 0 saturated carbocycles. The average Bonchev–Trinajstić information content (AvgIpc) is 2.43. The van der Waals surface area contributed by atoms with Crippen LogP contribution in [0.15, 0.2) is 29.4 Å². The van der Waals surface area contributed by atoms with Crippen molar-refractivity contribution in [3.05, 3.63) is 29.8 Å². The van der Waals surface area contributed by atoms with Gasteiger partial charge in [-0.15, -0.1) is 0 Å². The lowest BCUT2D eigenvalue weighted by Crippen LogP contribution is -2.26. The first-order valence-electron chi connectivity index (χ1n) is 6.30. The molecule has 0 unspecified atom stereocenters. The molecule has 1 amide bonds. The van der Waals surface area contributed by atoms with E-state index in [1.807, 2.05) is 6.07 Å². The summed E-state index contributed by atoms with van der Waals surface area (Å²) in [6.07, 6.45) is 1.38. The Kier molecular flexibility index (Phi) is 5.36. The molecule has 0 aliphatic rings. The monoisotopic (exact) mass is 263 g/mol. The number of anilines is 1. The lowest BCUT2D eigenvalue weighted by molar-refractivity contribution is -0.118. The first-order valence-corrected chi connectivity index (χ1v) is 6.30. The van der Waals surface area contributed by atoms with E-state index in [9.17, 15) is 4.79 Å². The molecular weight excluding hydrogens is 242 g/mol. The largest absolute Gasteiger partial charge is 0.409 e. The molecule has 0 radical (unpaired) electrons. The van der Waals surface area contributed by atoms with E-state index in [0.29, 0.717) is 17.9 Å². The normalized spacial score (nSPS) is 11.7. The van der Waals surface area contributed by atoms with Crippen LogP contribution < -0.4 is 10.6 Å². The lowest BCUT2D eigenvalue weighted by Gasteiger charge is -2.18. The van der Waals surface area contributed by atoms with Crippen LogP contribution >= 0.6 is 0 Å². The van der Waals surface area contributed by atoms with Crippen LogP contribution in [0.1, 0.15) is 32.3 Å². The highest BCUT2D eigenvalue weighted by atomic mass is 16.4. The molecule has 0 bridgehead atoms. The van der Waals surface area contributed by atoms with Gasteiger partial charge in [0.15, 0.2) is 5.84 Å². The molecule has 1 aromatic rings. The van der Waals surface area contributed by atoms with Crippen molar-refractivity contribution in [3.63, 3.8) is 0 Å². The molecule has 1 aromatic carbocycles. The van der Waals surface area contributed by atoms with Crippen LogP contribution in [0.4, 0.5) is 5.69 Å². The number of rotatable bonds is 5. The second kappa shape index (κ2) is 6.78. The van der Waals surface area contributed by atoms with E-state index in [1.165, 1.54) is 0 Å². The zero-order chi connectivity index (χ0) is 14.4. The maximum absolute atomic E-state index is 12.0. The fourth-order valence-corrected chi connectivity index (χ4v) is 1.66. The van der Waals surface area contributed by atoms with E-state index < -0.39 is 0 Å². The van der Waals surface area contributed by atoms with Crippen molar-refractivity contribution in [1.29, 1.82) is 0 Å². The Morgan fingerprint density at radius 3 is 2.74 bits per heavy atom. The molecular formula is C14H21N3O2. The molecule has 0 aliphatic heterocycles. The van der Waals surface area contributed by atoms with Crippen LogP contribution in [0.25, 0.3) is 0 Å². The minimum absolute atomic E-state index is 0.0323. The number of amidine groups is 1. The summed E-state index contributed by atoms with van der Waals surface area (Å²) in [5.41, 5.74) is 6.86. The summed E-state index contributed by atoms with van der Waals surface area (Å²) < 4.78 is 0. The number of nitrogens with zero attached hydrogens (tertiary/aromatic N) is 2. The van der Waals surface area contributed by atoms with E-state index in [1.54, 1.807) is 30.1 Å². The quantitative estimate of drug-likeness (QED) is 0.370. The van der Waals surface area contributed by atoms with Gasteiger partial charge in [0.1, 0.15) is 0 Å².